The van der Waals surface area contributed by atoms with Gasteiger partial charge in [-0.1, -0.05) is 81.3 Å². The third kappa shape index (κ3) is 5.02. The monoisotopic (exact) mass is 381 g/mol. The van der Waals surface area contributed by atoms with Crippen LogP contribution < -0.4 is 0 Å². The average Bonchev–Trinajstić information content (AvgIpc) is 2.77. The first-order chi connectivity index (χ1) is 13.7. The maximum atomic E-state index is 12.2. The molecule has 152 valence electrons. The summed E-state index contributed by atoms with van der Waals surface area (Å²) in [6.07, 6.45) is 3.88. The van der Waals surface area contributed by atoms with Crippen LogP contribution >= 0.6 is 0 Å². The Hall–Kier alpha value is -1.68. The Morgan fingerprint density at radius 2 is 1.68 bits per heavy atom. The van der Waals surface area contributed by atoms with Crippen molar-refractivity contribution < 1.29 is 9.84 Å². The summed E-state index contributed by atoms with van der Waals surface area (Å²) in [6.45, 7) is 8.64. The molecular formula is C25H35NO2. The SMILES string of the molecule is CCCC[C@@](O)(c1ccc(CC)cc1)[C@H](CN1CCOCC1)c1ccccc1. The van der Waals surface area contributed by atoms with Crippen molar-refractivity contribution in [2.75, 3.05) is 32.8 Å². The summed E-state index contributed by atoms with van der Waals surface area (Å²) in [5.41, 5.74) is 2.69. The Balaban J connectivity index is 1.98. The fourth-order valence-corrected chi connectivity index (χ4v) is 4.25. The van der Waals surface area contributed by atoms with Gasteiger partial charge in [0.2, 0.25) is 0 Å². The maximum Gasteiger partial charge on any atom is 0.0977 e. The second-order valence-corrected chi connectivity index (χ2v) is 7.95. The third-order valence-corrected chi connectivity index (χ3v) is 6.10. The van der Waals surface area contributed by atoms with Gasteiger partial charge in [-0.2, -0.15) is 0 Å². The van der Waals surface area contributed by atoms with Gasteiger partial charge in [0.25, 0.3) is 0 Å². The lowest BCUT2D eigenvalue weighted by Gasteiger charge is -2.41. The minimum absolute atomic E-state index is 0.0332. The van der Waals surface area contributed by atoms with E-state index in [1.807, 2.05) is 0 Å². The summed E-state index contributed by atoms with van der Waals surface area (Å²) in [6, 6.07) is 19.2. The molecule has 1 aliphatic rings. The molecule has 0 aromatic heterocycles. The van der Waals surface area contributed by atoms with Crippen LogP contribution in [0.2, 0.25) is 0 Å². The van der Waals surface area contributed by atoms with Gasteiger partial charge in [0.05, 0.1) is 18.8 Å². The summed E-state index contributed by atoms with van der Waals surface area (Å²) >= 11 is 0. The molecule has 1 saturated heterocycles. The number of morpholine rings is 1. The Morgan fingerprint density at radius 3 is 2.29 bits per heavy atom. The number of nitrogens with zero attached hydrogens (tertiary/aromatic N) is 1. The largest absolute Gasteiger partial charge is 0.384 e. The lowest BCUT2D eigenvalue weighted by Crippen LogP contribution is -2.45. The standard InChI is InChI=1S/C25H35NO2/c1-3-5-15-25(27,23-13-11-21(4-2)12-14-23)24(22-9-7-6-8-10-22)20-26-16-18-28-19-17-26/h6-14,24,27H,3-5,15-20H2,1-2H3/t24-,25-/m1/s1. The van der Waals surface area contributed by atoms with Crippen LogP contribution in [0.5, 0.6) is 0 Å². The first-order valence-corrected chi connectivity index (χ1v) is 10.8. The van der Waals surface area contributed by atoms with Crippen LogP contribution in [-0.2, 0) is 16.8 Å². The second kappa shape index (κ2) is 10.2. The number of rotatable bonds is 9. The van der Waals surface area contributed by atoms with Gasteiger partial charge in [-0.25, -0.2) is 0 Å². The second-order valence-electron chi connectivity index (χ2n) is 7.95. The van der Waals surface area contributed by atoms with Crippen LogP contribution in [0.3, 0.4) is 0 Å². The molecule has 0 unspecified atom stereocenters. The molecule has 2 aromatic rings. The number of ether oxygens (including phenoxy) is 1. The summed E-state index contributed by atoms with van der Waals surface area (Å²) in [4.78, 5) is 2.44. The van der Waals surface area contributed by atoms with Gasteiger partial charge in [0.15, 0.2) is 0 Å². The maximum absolute atomic E-state index is 12.2. The third-order valence-electron chi connectivity index (χ3n) is 6.10. The molecule has 1 fully saturated rings. The van der Waals surface area contributed by atoms with Crippen LogP contribution in [0.25, 0.3) is 0 Å². The Labute approximate surface area is 170 Å². The highest BCUT2D eigenvalue weighted by molar-refractivity contribution is 5.33. The quantitative estimate of drug-likeness (QED) is 0.681. The fraction of sp³-hybridized carbons (Fsp3) is 0.520. The molecule has 0 bridgehead atoms. The van der Waals surface area contributed by atoms with Crippen molar-refractivity contribution in [1.29, 1.82) is 0 Å². The van der Waals surface area contributed by atoms with Crippen molar-refractivity contribution in [3.63, 3.8) is 0 Å². The van der Waals surface area contributed by atoms with E-state index in [2.05, 4.69) is 73.3 Å². The summed E-state index contributed by atoms with van der Waals surface area (Å²) in [7, 11) is 0. The van der Waals surface area contributed by atoms with Crippen LogP contribution in [-0.4, -0.2) is 42.9 Å². The van der Waals surface area contributed by atoms with E-state index >= 15 is 0 Å². The molecule has 2 aromatic carbocycles. The number of aliphatic hydroxyl groups is 1. The van der Waals surface area contributed by atoms with Gasteiger partial charge in [-0.15, -0.1) is 0 Å². The van der Waals surface area contributed by atoms with Crippen LogP contribution in [0.15, 0.2) is 54.6 Å². The molecule has 3 nitrogen and oxygen atoms in total. The number of unbranched alkanes of at least 4 members (excludes halogenated alkanes) is 1. The van der Waals surface area contributed by atoms with E-state index < -0.39 is 5.60 Å². The molecular weight excluding hydrogens is 346 g/mol. The number of aryl methyl sites for hydroxylation is 1. The van der Waals surface area contributed by atoms with Crippen LogP contribution in [0.4, 0.5) is 0 Å². The van der Waals surface area contributed by atoms with Crippen molar-refractivity contribution in [3.8, 4) is 0 Å². The van der Waals surface area contributed by atoms with Gasteiger partial charge < -0.3 is 9.84 Å². The minimum atomic E-state index is -0.873. The fourth-order valence-electron chi connectivity index (χ4n) is 4.25. The molecule has 28 heavy (non-hydrogen) atoms. The van der Waals surface area contributed by atoms with E-state index in [9.17, 15) is 5.11 Å². The van der Waals surface area contributed by atoms with E-state index in [-0.39, 0.29) is 5.92 Å². The summed E-state index contributed by atoms with van der Waals surface area (Å²) in [5, 5.41) is 12.2. The van der Waals surface area contributed by atoms with E-state index in [0.29, 0.717) is 0 Å². The zero-order chi connectivity index (χ0) is 19.8. The number of hydrogen-bond acceptors (Lipinski definition) is 3. The van der Waals surface area contributed by atoms with E-state index in [1.165, 1.54) is 11.1 Å². The molecule has 2 atom stereocenters. The van der Waals surface area contributed by atoms with Crippen molar-refractivity contribution in [3.05, 3.63) is 71.3 Å². The highest BCUT2D eigenvalue weighted by Gasteiger charge is 2.40. The molecule has 3 rings (SSSR count). The molecule has 1 aliphatic heterocycles. The predicted molar refractivity (Wildman–Crippen MR) is 116 cm³/mol. The normalized spacial score (nSPS) is 18.5. The molecule has 0 saturated carbocycles. The molecule has 3 heteroatoms. The van der Waals surface area contributed by atoms with Crippen LogP contribution in [0.1, 0.15) is 55.7 Å². The summed E-state index contributed by atoms with van der Waals surface area (Å²) in [5.74, 6) is 0.0332. The highest BCUT2D eigenvalue weighted by Crippen LogP contribution is 2.42. The average molecular weight is 382 g/mol. The van der Waals surface area contributed by atoms with Crippen LogP contribution in [0, 0.1) is 0 Å². The van der Waals surface area contributed by atoms with Gasteiger partial charge in [0.1, 0.15) is 0 Å². The number of hydrogen-bond donors (Lipinski definition) is 1. The first kappa shape index (κ1) is 21.0. The Morgan fingerprint density at radius 1 is 1.00 bits per heavy atom. The molecule has 0 aliphatic carbocycles. The zero-order valence-corrected chi connectivity index (χ0v) is 17.4. The highest BCUT2D eigenvalue weighted by atomic mass is 16.5. The molecule has 1 heterocycles. The van der Waals surface area contributed by atoms with Gasteiger partial charge in [0, 0.05) is 25.6 Å². The molecule has 0 radical (unpaired) electrons. The van der Waals surface area contributed by atoms with Crippen molar-refractivity contribution in [2.45, 2.75) is 51.0 Å². The van der Waals surface area contributed by atoms with Gasteiger partial charge in [-0.05, 0) is 29.5 Å². The van der Waals surface area contributed by atoms with Gasteiger partial charge in [-0.3, -0.25) is 4.90 Å². The Kier molecular flexibility index (Phi) is 7.66. The van der Waals surface area contributed by atoms with Gasteiger partial charge >= 0.3 is 0 Å². The summed E-state index contributed by atoms with van der Waals surface area (Å²) < 4.78 is 5.54. The first-order valence-electron chi connectivity index (χ1n) is 10.8. The van der Waals surface area contributed by atoms with E-state index in [4.69, 9.17) is 4.74 Å². The molecule has 0 amide bonds. The predicted octanol–water partition coefficient (Wildman–Crippen LogP) is 4.74. The minimum Gasteiger partial charge on any atom is -0.384 e. The van der Waals surface area contributed by atoms with E-state index in [0.717, 1.165) is 64.1 Å². The topological polar surface area (TPSA) is 32.7 Å². The molecule has 1 N–H and O–H groups in total. The van der Waals surface area contributed by atoms with E-state index in [1.54, 1.807) is 0 Å². The smallest absolute Gasteiger partial charge is 0.0977 e. The zero-order valence-electron chi connectivity index (χ0n) is 17.4. The Bertz CT molecular complexity index is 694. The van der Waals surface area contributed by atoms with Crippen molar-refractivity contribution >= 4 is 0 Å². The lowest BCUT2D eigenvalue weighted by atomic mass is 9.73. The molecule has 0 spiro atoms. The van der Waals surface area contributed by atoms with Crippen molar-refractivity contribution in [2.24, 2.45) is 0 Å². The lowest BCUT2D eigenvalue weighted by molar-refractivity contribution is -0.0293. The number of benzene rings is 2. The van der Waals surface area contributed by atoms with Crippen molar-refractivity contribution in [1.82, 2.24) is 4.90 Å².